The fourth-order valence-electron chi connectivity index (χ4n) is 7.64. The van der Waals surface area contributed by atoms with Crippen LogP contribution in [0.2, 0.25) is 0 Å². The standard InChI is InChI=1S/C50H70N3O17PS/c1-10-62-45(55)34(6)69-71(59,70-38-14-12-11-13-15-38)31-66-37-20-16-35(17-21-37)26-41(51-48(57)67-43-30-65-47-40(43)24-25-63-47)42(54)28-53(27-32(2)3)72(60,61)39-22-18-36(19-23-39)29-64-46(56)44(33(4)5)52-49(58)68-50(7,8)9/h11-23,32-34,40-44,47,54H,10,24-31H2,1-9H3,(H,51,57)(H,52,58)/t34-,40-,41-,42+,43-,44+,47+,71?/m0/s1. The number of para-hydroxylation sites is 1. The summed E-state index contributed by atoms with van der Waals surface area (Å²) >= 11 is 0. The second-order valence-electron chi connectivity index (χ2n) is 19.3. The highest BCUT2D eigenvalue weighted by Gasteiger charge is 2.44. The van der Waals surface area contributed by atoms with Crippen LogP contribution in [0, 0.1) is 17.8 Å². The van der Waals surface area contributed by atoms with Gasteiger partial charge in [0.05, 0.1) is 42.8 Å². The van der Waals surface area contributed by atoms with E-state index >= 15 is 0 Å². The third-order valence-corrected chi connectivity index (χ3v) is 14.6. The lowest BCUT2D eigenvalue weighted by atomic mass is 10.0. The van der Waals surface area contributed by atoms with Gasteiger partial charge in [0.15, 0.2) is 12.4 Å². The molecule has 3 aromatic carbocycles. The van der Waals surface area contributed by atoms with Crippen LogP contribution in [-0.2, 0) is 70.2 Å². The monoisotopic (exact) mass is 1050 g/mol. The number of hydrogen-bond acceptors (Lipinski definition) is 17. The predicted molar refractivity (Wildman–Crippen MR) is 262 cm³/mol. The van der Waals surface area contributed by atoms with Crippen molar-refractivity contribution in [2.45, 2.75) is 129 Å². The van der Waals surface area contributed by atoms with Gasteiger partial charge in [0.2, 0.25) is 16.4 Å². The van der Waals surface area contributed by atoms with Gasteiger partial charge in [0, 0.05) is 13.1 Å². The number of carbonyl (C=O) groups is 4. The molecule has 0 aromatic heterocycles. The molecule has 2 amide bonds. The Labute approximate surface area is 422 Å². The highest BCUT2D eigenvalue weighted by atomic mass is 32.2. The van der Waals surface area contributed by atoms with E-state index in [0.717, 1.165) is 4.31 Å². The summed E-state index contributed by atoms with van der Waals surface area (Å²) in [7, 11) is -8.40. The number of nitrogens with one attached hydrogen (secondary N) is 2. The van der Waals surface area contributed by atoms with E-state index in [0.29, 0.717) is 24.2 Å². The van der Waals surface area contributed by atoms with Crippen molar-refractivity contribution in [3.8, 4) is 11.5 Å². The minimum absolute atomic E-state index is 0.00337. The molecule has 0 saturated carbocycles. The first-order valence-corrected chi connectivity index (χ1v) is 27.2. The normalized spacial score (nSPS) is 19.3. The molecule has 0 bridgehead atoms. The molecule has 398 valence electrons. The smallest absolute Gasteiger partial charge is 0.417 e. The number of carbonyl (C=O) groups excluding carboxylic acids is 4. The maximum Gasteiger partial charge on any atom is 0.417 e. The van der Waals surface area contributed by atoms with E-state index in [2.05, 4.69) is 10.6 Å². The number of ether oxygens (including phenoxy) is 7. The fourth-order valence-corrected chi connectivity index (χ4v) is 10.7. The van der Waals surface area contributed by atoms with Crippen molar-refractivity contribution < 1.29 is 79.5 Å². The van der Waals surface area contributed by atoms with E-state index in [1.54, 1.807) is 96.1 Å². The number of fused-ring (bicyclic) bond motifs is 1. The third kappa shape index (κ3) is 17.4. The van der Waals surface area contributed by atoms with Gasteiger partial charge in [-0.15, -0.1) is 0 Å². The summed E-state index contributed by atoms with van der Waals surface area (Å²) in [6, 6.07) is 18.4. The quantitative estimate of drug-likeness (QED) is 0.0440. The van der Waals surface area contributed by atoms with Gasteiger partial charge in [0.25, 0.3) is 0 Å². The lowest BCUT2D eigenvalue weighted by Crippen LogP contribution is -2.51. The molecule has 3 N–H and O–H groups in total. The summed E-state index contributed by atoms with van der Waals surface area (Å²) in [6.45, 7) is 15.3. The van der Waals surface area contributed by atoms with Crippen molar-refractivity contribution in [1.82, 2.24) is 14.9 Å². The molecule has 0 aliphatic carbocycles. The summed E-state index contributed by atoms with van der Waals surface area (Å²) in [6.07, 6.45) is -5.37. The van der Waals surface area contributed by atoms with E-state index in [-0.39, 0.29) is 66.9 Å². The van der Waals surface area contributed by atoms with Crippen LogP contribution < -0.4 is 19.9 Å². The lowest BCUT2D eigenvalue weighted by molar-refractivity contribution is -0.151. The SMILES string of the molecule is CCOC(=O)[C@H](C)OP(=O)(COc1ccc(C[C@H](NC(=O)O[C@H]2CO[C@H]3OCC[C@H]32)[C@H](O)CN(CC(C)C)S(=O)(=O)c2ccc(COC(=O)[C@H](NC(=O)OC(C)(C)C)C(C)C)cc2)cc1)Oc1ccccc1. The number of aliphatic hydroxyl groups is 1. The van der Waals surface area contributed by atoms with E-state index in [9.17, 15) is 37.3 Å². The molecule has 2 fully saturated rings. The van der Waals surface area contributed by atoms with Gasteiger partial charge in [-0.25, -0.2) is 32.2 Å². The van der Waals surface area contributed by atoms with Gasteiger partial charge in [-0.2, -0.15) is 4.31 Å². The Morgan fingerprint density at radius 2 is 1.50 bits per heavy atom. The molecule has 0 spiro atoms. The van der Waals surface area contributed by atoms with Crippen molar-refractivity contribution in [3.63, 3.8) is 0 Å². The maximum atomic E-state index is 14.3. The first-order chi connectivity index (χ1) is 33.9. The summed E-state index contributed by atoms with van der Waals surface area (Å²) in [4.78, 5) is 51.3. The maximum absolute atomic E-state index is 14.3. The molecule has 2 aliphatic heterocycles. The van der Waals surface area contributed by atoms with E-state index in [1.807, 2.05) is 13.8 Å². The van der Waals surface area contributed by atoms with Crippen LogP contribution in [0.4, 0.5) is 9.59 Å². The number of rotatable bonds is 25. The van der Waals surface area contributed by atoms with Crippen LogP contribution in [0.1, 0.15) is 79.9 Å². The number of esters is 2. The zero-order valence-electron chi connectivity index (χ0n) is 42.3. The number of benzene rings is 3. The molecule has 5 rings (SSSR count). The zero-order valence-corrected chi connectivity index (χ0v) is 44.1. The molecule has 1 unspecified atom stereocenters. The minimum atomic E-state index is -4.27. The largest absolute Gasteiger partial charge is 0.480 e. The molecular formula is C50H70N3O17PS. The summed E-state index contributed by atoms with van der Waals surface area (Å²) in [5, 5.41) is 17.3. The minimum Gasteiger partial charge on any atom is -0.480 e. The van der Waals surface area contributed by atoms with Gasteiger partial charge in [-0.1, -0.05) is 70.2 Å². The Hall–Kier alpha value is -5.28. The van der Waals surface area contributed by atoms with Gasteiger partial charge in [-0.05, 0) is 107 Å². The first kappa shape index (κ1) is 57.6. The summed E-state index contributed by atoms with van der Waals surface area (Å²) < 4.78 is 93.8. The number of hydrogen-bond donors (Lipinski definition) is 3. The molecule has 3 aromatic rings. The van der Waals surface area contributed by atoms with Gasteiger partial charge < -0.3 is 53.4 Å². The molecule has 20 nitrogen and oxygen atoms in total. The number of sulfonamides is 1. The Bertz CT molecular complexity index is 2400. The van der Waals surface area contributed by atoms with Crippen molar-refractivity contribution >= 4 is 41.7 Å². The number of alkyl carbamates (subject to hydrolysis) is 2. The molecule has 2 aliphatic rings. The first-order valence-electron chi connectivity index (χ1n) is 24.0. The number of amides is 2. The Kier molecular flexibility index (Phi) is 20.9. The second kappa shape index (κ2) is 26.1. The van der Waals surface area contributed by atoms with Crippen LogP contribution in [0.25, 0.3) is 0 Å². The highest BCUT2D eigenvalue weighted by molar-refractivity contribution is 7.89. The van der Waals surface area contributed by atoms with E-state index < -0.39 is 96.9 Å². The molecular weight excluding hydrogens is 978 g/mol. The van der Waals surface area contributed by atoms with Crippen molar-refractivity contribution in [3.05, 3.63) is 90.0 Å². The average Bonchev–Trinajstić information content (AvgIpc) is 3.94. The van der Waals surface area contributed by atoms with Crippen LogP contribution in [-0.4, -0.2) is 123 Å². The average molecular weight is 1050 g/mol. The summed E-state index contributed by atoms with van der Waals surface area (Å²) in [5.41, 5.74) is 0.291. The van der Waals surface area contributed by atoms with Crippen LogP contribution in [0.5, 0.6) is 11.5 Å². The molecule has 2 heterocycles. The fraction of sp³-hybridized carbons (Fsp3) is 0.560. The zero-order chi connectivity index (χ0) is 52.8. The van der Waals surface area contributed by atoms with Crippen molar-refractivity contribution in [2.75, 3.05) is 39.3 Å². The van der Waals surface area contributed by atoms with Crippen LogP contribution in [0.3, 0.4) is 0 Å². The molecule has 72 heavy (non-hydrogen) atoms. The van der Waals surface area contributed by atoms with E-state index in [4.69, 9.17) is 42.2 Å². The summed E-state index contributed by atoms with van der Waals surface area (Å²) in [5.74, 6) is -1.63. The molecule has 22 heteroatoms. The number of nitrogens with zero attached hydrogens (tertiary/aromatic N) is 1. The van der Waals surface area contributed by atoms with Crippen LogP contribution >= 0.6 is 7.60 Å². The van der Waals surface area contributed by atoms with Gasteiger partial charge in [-0.3, -0.25) is 4.52 Å². The van der Waals surface area contributed by atoms with Crippen LogP contribution in [0.15, 0.2) is 83.8 Å². The van der Waals surface area contributed by atoms with Crippen molar-refractivity contribution in [2.24, 2.45) is 17.8 Å². The lowest BCUT2D eigenvalue weighted by Gasteiger charge is -2.31. The second-order valence-corrected chi connectivity index (χ2v) is 23.1. The highest BCUT2D eigenvalue weighted by Crippen LogP contribution is 2.49. The van der Waals surface area contributed by atoms with Gasteiger partial charge >= 0.3 is 31.7 Å². The van der Waals surface area contributed by atoms with Crippen molar-refractivity contribution in [1.29, 1.82) is 0 Å². The topological polar surface area (TPSA) is 250 Å². The third-order valence-electron chi connectivity index (χ3n) is 11.2. The predicted octanol–water partition coefficient (Wildman–Crippen LogP) is 6.96. The molecule has 2 saturated heterocycles. The number of aliphatic hydroxyl groups excluding tert-OH is 1. The Morgan fingerprint density at radius 1 is 0.833 bits per heavy atom. The molecule has 0 radical (unpaired) electrons. The van der Waals surface area contributed by atoms with E-state index in [1.165, 1.54) is 31.2 Å². The van der Waals surface area contributed by atoms with Gasteiger partial charge in [0.1, 0.15) is 35.9 Å². The Balaban J connectivity index is 1.30. The molecule has 8 atom stereocenters. The Morgan fingerprint density at radius 3 is 2.12 bits per heavy atom.